The van der Waals surface area contributed by atoms with E-state index in [0.29, 0.717) is 5.56 Å². The second-order valence-corrected chi connectivity index (χ2v) is 4.89. The molecule has 1 heterocycles. The van der Waals surface area contributed by atoms with Gasteiger partial charge < -0.3 is 4.57 Å². The molecule has 1 aromatic carbocycles. The minimum atomic E-state index is -0.192. The first-order chi connectivity index (χ1) is 8.99. The van der Waals surface area contributed by atoms with E-state index in [0.717, 1.165) is 17.1 Å². The third-order valence-corrected chi connectivity index (χ3v) is 3.18. The summed E-state index contributed by atoms with van der Waals surface area (Å²) < 4.78 is 15.7. The van der Waals surface area contributed by atoms with Crippen molar-refractivity contribution in [3.05, 3.63) is 52.9 Å². The second-order valence-electron chi connectivity index (χ2n) is 4.89. The summed E-state index contributed by atoms with van der Waals surface area (Å²) in [5.74, 6) is 6.88. The van der Waals surface area contributed by atoms with Crippen LogP contribution in [0.15, 0.2) is 24.4 Å². The average Bonchev–Trinajstić information content (AvgIpc) is 2.67. The average molecular weight is 256 g/mol. The van der Waals surface area contributed by atoms with Crippen LogP contribution >= 0.6 is 0 Å². The van der Waals surface area contributed by atoms with Crippen molar-refractivity contribution >= 4 is 0 Å². The van der Waals surface area contributed by atoms with Crippen molar-refractivity contribution in [3.8, 4) is 11.8 Å². The van der Waals surface area contributed by atoms with E-state index in [1.54, 1.807) is 12.3 Å². The van der Waals surface area contributed by atoms with Gasteiger partial charge in [0.1, 0.15) is 17.3 Å². The lowest BCUT2D eigenvalue weighted by Crippen LogP contribution is -1.95. The number of imidazole rings is 1. The Kier molecular flexibility index (Phi) is 3.71. The molecule has 0 aliphatic rings. The van der Waals surface area contributed by atoms with Gasteiger partial charge in [0, 0.05) is 12.6 Å². The van der Waals surface area contributed by atoms with Crippen molar-refractivity contribution in [2.24, 2.45) is 7.05 Å². The molecular weight excluding hydrogens is 239 g/mol. The van der Waals surface area contributed by atoms with Gasteiger partial charge in [-0.25, -0.2) is 9.37 Å². The predicted molar refractivity (Wildman–Crippen MR) is 74.4 cm³/mol. The molecule has 0 N–H and O–H groups in total. The Morgan fingerprint density at radius 3 is 2.53 bits per heavy atom. The van der Waals surface area contributed by atoms with E-state index in [9.17, 15) is 4.39 Å². The second kappa shape index (κ2) is 5.27. The van der Waals surface area contributed by atoms with Crippen LogP contribution in [0.4, 0.5) is 4.39 Å². The first-order valence-electron chi connectivity index (χ1n) is 6.29. The van der Waals surface area contributed by atoms with Crippen LogP contribution in [-0.2, 0) is 7.05 Å². The molecule has 98 valence electrons. The summed E-state index contributed by atoms with van der Waals surface area (Å²) in [5, 5.41) is 0. The molecule has 0 bridgehead atoms. The van der Waals surface area contributed by atoms with Gasteiger partial charge in [-0.15, -0.1) is 0 Å². The smallest absolute Gasteiger partial charge is 0.127 e. The largest absolute Gasteiger partial charge is 0.325 e. The Bertz CT molecular complexity index is 657. The zero-order valence-corrected chi connectivity index (χ0v) is 11.7. The zero-order valence-electron chi connectivity index (χ0n) is 11.7. The van der Waals surface area contributed by atoms with Gasteiger partial charge in [-0.1, -0.05) is 25.8 Å². The number of halogens is 1. The van der Waals surface area contributed by atoms with Crippen LogP contribution in [0, 0.1) is 24.6 Å². The highest BCUT2D eigenvalue weighted by Gasteiger charge is 2.06. The van der Waals surface area contributed by atoms with E-state index in [2.05, 4.69) is 16.8 Å². The maximum absolute atomic E-state index is 13.8. The van der Waals surface area contributed by atoms with Gasteiger partial charge >= 0.3 is 0 Å². The third-order valence-electron chi connectivity index (χ3n) is 3.18. The molecule has 0 unspecified atom stereocenters. The molecule has 0 aliphatic heterocycles. The van der Waals surface area contributed by atoms with Crippen molar-refractivity contribution in [3.63, 3.8) is 0 Å². The molecule has 19 heavy (non-hydrogen) atoms. The summed E-state index contributed by atoms with van der Waals surface area (Å²) in [4.78, 5) is 4.17. The summed E-state index contributed by atoms with van der Waals surface area (Å²) in [6.45, 7) is 5.87. The van der Waals surface area contributed by atoms with Crippen LogP contribution in [0.5, 0.6) is 0 Å². The molecule has 0 saturated heterocycles. The van der Waals surface area contributed by atoms with Gasteiger partial charge in [0.2, 0.25) is 0 Å². The molecule has 1 aromatic heterocycles. The summed E-state index contributed by atoms with van der Waals surface area (Å²) in [6, 6.07) is 5.15. The quantitative estimate of drug-likeness (QED) is 0.715. The van der Waals surface area contributed by atoms with Crippen LogP contribution in [0.1, 0.15) is 42.4 Å². The molecule has 0 spiro atoms. The lowest BCUT2D eigenvalue weighted by molar-refractivity contribution is 0.598. The summed E-state index contributed by atoms with van der Waals surface area (Å²) >= 11 is 0. The first-order valence-corrected chi connectivity index (χ1v) is 6.29. The highest BCUT2D eigenvalue weighted by atomic mass is 19.1. The minimum Gasteiger partial charge on any atom is -0.325 e. The van der Waals surface area contributed by atoms with Gasteiger partial charge in [0.25, 0.3) is 0 Å². The number of hydrogen-bond acceptors (Lipinski definition) is 1. The summed E-state index contributed by atoms with van der Waals surface area (Å²) in [7, 11) is 1.91. The predicted octanol–water partition coefficient (Wildman–Crippen LogP) is 3.39. The number of aromatic nitrogens is 2. The molecule has 0 radical (unpaired) electrons. The van der Waals surface area contributed by atoms with Crippen molar-refractivity contribution in [2.75, 3.05) is 0 Å². The summed E-state index contributed by atoms with van der Waals surface area (Å²) in [5.41, 5.74) is 2.23. The normalized spacial score (nSPS) is 10.4. The SMILES string of the molecule is Cc1ncc(C#Cc2ccc(C(C)C)c(F)c2)n1C. The standard InChI is InChI=1S/C16H17FN2/c1-11(2)15-8-6-13(9-16(15)17)5-7-14-10-18-12(3)19(14)4/h6,8-11H,1-4H3. The van der Waals surface area contributed by atoms with Gasteiger partial charge in [-0.2, -0.15) is 0 Å². The molecule has 0 atom stereocenters. The highest BCUT2D eigenvalue weighted by Crippen LogP contribution is 2.19. The van der Waals surface area contributed by atoms with E-state index >= 15 is 0 Å². The van der Waals surface area contributed by atoms with Crippen LogP contribution < -0.4 is 0 Å². The van der Waals surface area contributed by atoms with Crippen molar-refractivity contribution in [2.45, 2.75) is 26.7 Å². The Hall–Kier alpha value is -2.08. The van der Waals surface area contributed by atoms with Crippen molar-refractivity contribution < 1.29 is 4.39 Å². The van der Waals surface area contributed by atoms with Crippen LogP contribution in [0.3, 0.4) is 0 Å². The number of rotatable bonds is 1. The van der Waals surface area contributed by atoms with Crippen LogP contribution in [0.25, 0.3) is 0 Å². The van der Waals surface area contributed by atoms with Gasteiger partial charge in [-0.05, 0) is 36.5 Å². The van der Waals surface area contributed by atoms with Gasteiger partial charge in [0.15, 0.2) is 0 Å². The minimum absolute atomic E-state index is 0.182. The Labute approximate surface area is 113 Å². The number of aryl methyl sites for hydroxylation is 1. The number of hydrogen-bond donors (Lipinski definition) is 0. The lowest BCUT2D eigenvalue weighted by Gasteiger charge is -2.06. The maximum Gasteiger partial charge on any atom is 0.127 e. The van der Waals surface area contributed by atoms with Crippen molar-refractivity contribution in [1.29, 1.82) is 0 Å². The number of benzene rings is 1. The molecule has 0 aliphatic carbocycles. The van der Waals surface area contributed by atoms with Gasteiger partial charge in [0.05, 0.1) is 6.20 Å². The molecule has 3 heteroatoms. The fourth-order valence-electron chi connectivity index (χ4n) is 1.83. The van der Waals surface area contributed by atoms with E-state index in [4.69, 9.17) is 0 Å². The molecule has 2 nitrogen and oxygen atoms in total. The van der Waals surface area contributed by atoms with Crippen molar-refractivity contribution in [1.82, 2.24) is 9.55 Å². The monoisotopic (exact) mass is 256 g/mol. The van der Waals surface area contributed by atoms with E-state index in [1.807, 2.05) is 38.5 Å². The molecular formula is C16H17FN2. The molecule has 0 saturated carbocycles. The van der Waals surface area contributed by atoms with E-state index in [1.165, 1.54) is 6.07 Å². The maximum atomic E-state index is 13.8. The van der Waals surface area contributed by atoms with Crippen LogP contribution in [0.2, 0.25) is 0 Å². The Morgan fingerprint density at radius 2 is 2.00 bits per heavy atom. The first kappa shape index (κ1) is 13.4. The fraction of sp³-hybridized carbons (Fsp3) is 0.312. The third kappa shape index (κ3) is 2.85. The molecule has 0 amide bonds. The lowest BCUT2D eigenvalue weighted by atomic mass is 10.0. The highest BCUT2D eigenvalue weighted by molar-refractivity contribution is 5.42. The molecule has 2 aromatic rings. The Balaban J connectivity index is 2.30. The van der Waals surface area contributed by atoms with E-state index in [-0.39, 0.29) is 11.7 Å². The number of nitrogens with zero attached hydrogens (tertiary/aromatic N) is 2. The summed E-state index contributed by atoms with van der Waals surface area (Å²) in [6.07, 6.45) is 1.72. The van der Waals surface area contributed by atoms with E-state index < -0.39 is 0 Å². The van der Waals surface area contributed by atoms with Crippen LogP contribution in [-0.4, -0.2) is 9.55 Å². The molecule has 0 fully saturated rings. The topological polar surface area (TPSA) is 17.8 Å². The Morgan fingerprint density at radius 1 is 1.26 bits per heavy atom. The van der Waals surface area contributed by atoms with Gasteiger partial charge in [-0.3, -0.25) is 0 Å². The molecule has 2 rings (SSSR count). The zero-order chi connectivity index (χ0) is 14.0. The fourth-order valence-corrected chi connectivity index (χ4v) is 1.83.